The Labute approximate surface area is 258 Å². The molecule has 0 aromatic heterocycles. The Bertz CT molecular complexity index is 1440. The molecule has 6 nitrogen and oxygen atoms in total. The predicted molar refractivity (Wildman–Crippen MR) is 166 cm³/mol. The number of rotatable bonds is 11. The van der Waals surface area contributed by atoms with Crippen molar-refractivity contribution in [3.8, 4) is 11.5 Å². The zero-order valence-electron chi connectivity index (χ0n) is 23.9. The average molecular weight is 688 g/mol. The minimum atomic E-state index is -1.79. The van der Waals surface area contributed by atoms with Gasteiger partial charge in [0.1, 0.15) is 11.5 Å². The van der Waals surface area contributed by atoms with E-state index < -0.39 is 17.5 Å². The highest BCUT2D eigenvalue weighted by Gasteiger charge is 2.54. The van der Waals surface area contributed by atoms with E-state index in [4.69, 9.17) is 4.74 Å². The number of aromatic carboxylic acids is 1. The number of fused-ring (bicyclic) bond motifs is 1. The zero-order valence-corrected chi connectivity index (χ0v) is 27.0. The summed E-state index contributed by atoms with van der Waals surface area (Å²) in [5.41, 5.74) is 2.73. The number of halogens is 2. The molecule has 0 unspecified atom stereocenters. The third kappa shape index (κ3) is 5.29. The van der Waals surface area contributed by atoms with Gasteiger partial charge in [-0.05, 0) is 98.0 Å². The molecule has 0 saturated carbocycles. The summed E-state index contributed by atoms with van der Waals surface area (Å²) < 4.78 is 7.36. The van der Waals surface area contributed by atoms with Gasteiger partial charge in [0.2, 0.25) is 0 Å². The molecule has 0 spiro atoms. The van der Waals surface area contributed by atoms with E-state index in [1.807, 2.05) is 26.0 Å². The molecule has 0 atom stereocenters. The molecule has 0 saturated heterocycles. The fourth-order valence-electron chi connectivity index (χ4n) is 6.03. The number of phenolic OH excluding ortho intramolecular Hbond substituents is 2. The molecule has 1 aliphatic heterocycles. The van der Waals surface area contributed by atoms with Crippen LogP contribution in [0.2, 0.25) is 0 Å². The molecule has 4 rings (SSSR count). The highest BCUT2D eigenvalue weighted by atomic mass is 79.9. The molecule has 0 fully saturated rings. The first kappa shape index (κ1) is 31.1. The van der Waals surface area contributed by atoms with Gasteiger partial charge >= 0.3 is 11.9 Å². The van der Waals surface area contributed by atoms with Gasteiger partial charge in [0.05, 0.1) is 31.2 Å². The van der Waals surface area contributed by atoms with Crippen LogP contribution in [-0.4, -0.2) is 27.3 Å². The molecule has 218 valence electrons. The average Bonchev–Trinajstić information content (AvgIpc) is 3.22. The van der Waals surface area contributed by atoms with Crippen molar-refractivity contribution in [2.75, 3.05) is 0 Å². The molecule has 3 aromatic rings. The Morgan fingerprint density at radius 3 is 1.61 bits per heavy atom. The van der Waals surface area contributed by atoms with Gasteiger partial charge in [-0.3, -0.25) is 0 Å². The van der Waals surface area contributed by atoms with Crippen LogP contribution in [0.1, 0.15) is 113 Å². The first-order chi connectivity index (χ1) is 19.6. The number of aromatic hydroxyl groups is 2. The molecule has 1 aliphatic rings. The fourth-order valence-corrected chi connectivity index (χ4v) is 7.05. The van der Waals surface area contributed by atoms with Crippen molar-refractivity contribution < 1.29 is 29.6 Å². The topological polar surface area (TPSA) is 104 Å². The summed E-state index contributed by atoms with van der Waals surface area (Å²) in [6.45, 7) is 8.18. The normalized spacial score (nSPS) is 13.8. The van der Waals surface area contributed by atoms with Crippen molar-refractivity contribution in [3.05, 3.63) is 89.3 Å². The van der Waals surface area contributed by atoms with Crippen molar-refractivity contribution in [1.82, 2.24) is 0 Å². The molecule has 1 heterocycles. The van der Waals surface area contributed by atoms with E-state index in [0.717, 1.165) is 60.8 Å². The number of esters is 1. The van der Waals surface area contributed by atoms with Gasteiger partial charge in [-0.2, -0.15) is 0 Å². The number of benzene rings is 3. The summed E-state index contributed by atoms with van der Waals surface area (Å²) in [7, 11) is 0. The number of ether oxygens (including phenoxy) is 1. The van der Waals surface area contributed by atoms with Crippen LogP contribution in [0.3, 0.4) is 0 Å². The molecule has 0 radical (unpaired) electrons. The Morgan fingerprint density at radius 2 is 1.20 bits per heavy atom. The van der Waals surface area contributed by atoms with E-state index in [1.165, 1.54) is 18.2 Å². The maximum absolute atomic E-state index is 13.6. The summed E-state index contributed by atoms with van der Waals surface area (Å²) in [5, 5.41) is 33.8. The summed E-state index contributed by atoms with van der Waals surface area (Å²) in [6, 6.07) is 8.32. The highest BCUT2D eigenvalue weighted by Crippen LogP contribution is 2.57. The largest absolute Gasteiger partial charge is 0.506 e. The number of hydrogen-bond acceptors (Lipinski definition) is 5. The summed E-state index contributed by atoms with van der Waals surface area (Å²) >= 11 is 7.22. The lowest BCUT2D eigenvalue weighted by atomic mass is 9.73. The smallest absolute Gasteiger partial charge is 0.340 e. The number of phenols is 2. The molecule has 3 aromatic carbocycles. The van der Waals surface area contributed by atoms with Gasteiger partial charge in [-0.25, -0.2) is 9.59 Å². The minimum absolute atomic E-state index is 0.0252. The van der Waals surface area contributed by atoms with Crippen molar-refractivity contribution in [1.29, 1.82) is 0 Å². The summed E-state index contributed by atoms with van der Waals surface area (Å²) in [4.78, 5) is 25.8. The van der Waals surface area contributed by atoms with E-state index in [9.17, 15) is 24.9 Å². The van der Waals surface area contributed by atoms with Crippen molar-refractivity contribution in [2.24, 2.45) is 0 Å². The Hall–Kier alpha value is -2.84. The molecule has 3 N–H and O–H groups in total. The molecule has 0 amide bonds. The van der Waals surface area contributed by atoms with E-state index in [-0.39, 0.29) is 28.2 Å². The van der Waals surface area contributed by atoms with Gasteiger partial charge in [0, 0.05) is 5.56 Å². The molecule has 0 bridgehead atoms. The maximum Gasteiger partial charge on any atom is 0.340 e. The van der Waals surface area contributed by atoms with E-state index in [0.29, 0.717) is 32.9 Å². The van der Waals surface area contributed by atoms with Crippen LogP contribution >= 0.6 is 31.9 Å². The maximum atomic E-state index is 13.6. The number of carbonyl (C=O) groups excluding carboxylic acids is 1. The second-order valence-electron chi connectivity index (χ2n) is 10.6. The van der Waals surface area contributed by atoms with Crippen LogP contribution in [-0.2, 0) is 36.0 Å². The number of cyclic esters (lactones) is 1. The van der Waals surface area contributed by atoms with Crippen molar-refractivity contribution >= 4 is 43.8 Å². The van der Waals surface area contributed by atoms with E-state index in [2.05, 4.69) is 45.7 Å². The van der Waals surface area contributed by atoms with Crippen molar-refractivity contribution in [2.45, 2.75) is 84.7 Å². The van der Waals surface area contributed by atoms with Crippen LogP contribution in [0.15, 0.2) is 39.3 Å². The molecule has 8 heteroatoms. The van der Waals surface area contributed by atoms with Crippen LogP contribution in [0, 0.1) is 0 Å². The number of carbonyl (C=O) groups is 2. The molecule has 0 aliphatic carbocycles. The third-order valence-corrected chi connectivity index (χ3v) is 9.46. The van der Waals surface area contributed by atoms with E-state index in [1.54, 1.807) is 0 Å². The van der Waals surface area contributed by atoms with Crippen LogP contribution < -0.4 is 0 Å². The van der Waals surface area contributed by atoms with Crippen LogP contribution in [0.4, 0.5) is 0 Å². The molecular weight excluding hydrogens is 652 g/mol. The lowest BCUT2D eigenvalue weighted by molar-refractivity contribution is 0.0234. The van der Waals surface area contributed by atoms with Gasteiger partial charge in [-0.15, -0.1) is 0 Å². The monoisotopic (exact) mass is 686 g/mol. The van der Waals surface area contributed by atoms with Gasteiger partial charge < -0.3 is 20.1 Å². The first-order valence-electron chi connectivity index (χ1n) is 14.3. The number of carboxylic acid groups (broad SMARTS) is 1. The number of carboxylic acids is 1. The Kier molecular flexibility index (Phi) is 9.54. The predicted octanol–water partition coefficient (Wildman–Crippen LogP) is 8.59. The Morgan fingerprint density at radius 1 is 0.756 bits per heavy atom. The summed E-state index contributed by atoms with van der Waals surface area (Å²) in [5.74, 6) is -1.98. The minimum Gasteiger partial charge on any atom is -0.506 e. The Balaban J connectivity index is 2.27. The van der Waals surface area contributed by atoms with Gasteiger partial charge in [0.15, 0.2) is 5.60 Å². The number of aryl methyl sites for hydroxylation is 4. The second kappa shape index (κ2) is 12.6. The second-order valence-corrected chi connectivity index (χ2v) is 12.2. The molecular formula is C33H36Br2O6. The SMILES string of the molecule is CCCc1cc(CCC)c(C2(c3c(CCC)cc(CCC)c(Br)c3O)OC(=O)c3ccc(C(=O)O)cc32)c(O)c1Br. The first-order valence-corrected chi connectivity index (χ1v) is 15.8. The third-order valence-electron chi connectivity index (χ3n) is 7.69. The summed E-state index contributed by atoms with van der Waals surface area (Å²) in [6.07, 6.45) is 5.81. The standard InChI is InChI=1S/C33H36Br2O6/c1-5-9-18-15-20(11-7-3)27(34)29(36)25(18)33(24-17-22(31(38)39)13-14-23(24)32(40)41-33)26-19(10-6-2)16-21(12-8-4)28(35)30(26)37/h13-17,36-37H,5-12H2,1-4H3,(H,38,39). The van der Waals surface area contributed by atoms with Gasteiger partial charge in [-0.1, -0.05) is 65.5 Å². The molecule has 41 heavy (non-hydrogen) atoms. The van der Waals surface area contributed by atoms with Gasteiger partial charge in [0.25, 0.3) is 0 Å². The lowest BCUT2D eigenvalue weighted by Gasteiger charge is -2.36. The highest BCUT2D eigenvalue weighted by molar-refractivity contribution is 9.11. The quantitative estimate of drug-likeness (QED) is 0.175. The zero-order chi connectivity index (χ0) is 30.1. The van der Waals surface area contributed by atoms with Crippen LogP contribution in [0.25, 0.3) is 0 Å². The lowest BCUT2D eigenvalue weighted by Crippen LogP contribution is -2.33. The van der Waals surface area contributed by atoms with E-state index >= 15 is 0 Å². The number of hydrogen-bond donors (Lipinski definition) is 3. The van der Waals surface area contributed by atoms with Crippen molar-refractivity contribution in [3.63, 3.8) is 0 Å². The van der Waals surface area contributed by atoms with Crippen LogP contribution in [0.5, 0.6) is 11.5 Å². The fraction of sp³-hybridized carbons (Fsp3) is 0.394.